The van der Waals surface area contributed by atoms with Crippen LogP contribution in [0, 0.1) is 0 Å². The molecule has 1 fully saturated rings. The van der Waals surface area contributed by atoms with Crippen molar-refractivity contribution in [1.82, 2.24) is 10.2 Å². The monoisotopic (exact) mass is 339 g/mol. The smallest absolute Gasteiger partial charge is 0.356 e. The number of nitrogens with one attached hydrogen (secondary N) is 2. The zero-order valence-corrected chi connectivity index (χ0v) is 12.9. The second-order valence-corrected chi connectivity index (χ2v) is 5.69. The third-order valence-electron chi connectivity index (χ3n) is 4.06. The SMILES string of the molecule is COC(C(=O)Nc1cc(C2CC2)[nH]n1)(c1ccccc1)C(F)(F)F. The highest BCUT2D eigenvalue weighted by molar-refractivity contribution is 5.98. The molecule has 1 amide bonds. The molecule has 0 saturated heterocycles. The van der Waals surface area contributed by atoms with Gasteiger partial charge in [-0.15, -0.1) is 0 Å². The number of aromatic amines is 1. The lowest BCUT2D eigenvalue weighted by Gasteiger charge is -2.32. The number of methoxy groups -OCH3 is 1. The summed E-state index contributed by atoms with van der Waals surface area (Å²) in [7, 11) is 0.861. The maximum absolute atomic E-state index is 13.7. The van der Waals surface area contributed by atoms with Gasteiger partial charge in [0.1, 0.15) is 0 Å². The lowest BCUT2D eigenvalue weighted by atomic mass is 9.91. The Labute approximate surface area is 136 Å². The van der Waals surface area contributed by atoms with Crippen molar-refractivity contribution in [2.75, 3.05) is 12.4 Å². The molecule has 1 aromatic carbocycles. The van der Waals surface area contributed by atoms with Crippen LogP contribution in [0.5, 0.6) is 0 Å². The van der Waals surface area contributed by atoms with Crippen LogP contribution in [0.25, 0.3) is 0 Å². The summed E-state index contributed by atoms with van der Waals surface area (Å²) in [4.78, 5) is 12.5. The molecule has 0 radical (unpaired) electrons. The minimum atomic E-state index is -4.94. The van der Waals surface area contributed by atoms with E-state index in [0.717, 1.165) is 25.6 Å². The van der Waals surface area contributed by atoms with Crippen molar-refractivity contribution in [2.45, 2.75) is 30.5 Å². The summed E-state index contributed by atoms with van der Waals surface area (Å²) in [5.41, 5.74) is -2.59. The second-order valence-electron chi connectivity index (χ2n) is 5.69. The Morgan fingerprint density at radius 3 is 2.50 bits per heavy atom. The number of rotatable bonds is 5. The van der Waals surface area contributed by atoms with Crippen molar-refractivity contribution in [2.24, 2.45) is 0 Å². The third kappa shape index (κ3) is 2.77. The number of hydrogen-bond donors (Lipinski definition) is 2. The number of anilines is 1. The summed E-state index contributed by atoms with van der Waals surface area (Å²) in [6.07, 6.45) is -2.93. The van der Waals surface area contributed by atoms with Gasteiger partial charge in [-0.2, -0.15) is 18.3 Å². The zero-order valence-electron chi connectivity index (χ0n) is 12.9. The average Bonchev–Trinajstić information content (AvgIpc) is 3.28. The molecule has 0 bridgehead atoms. The third-order valence-corrected chi connectivity index (χ3v) is 4.06. The first-order chi connectivity index (χ1) is 11.4. The Morgan fingerprint density at radius 1 is 1.29 bits per heavy atom. The lowest BCUT2D eigenvalue weighted by Crippen LogP contribution is -2.53. The van der Waals surface area contributed by atoms with Gasteiger partial charge in [0.25, 0.3) is 11.5 Å². The minimum absolute atomic E-state index is 0.0449. The number of hydrogen-bond acceptors (Lipinski definition) is 3. The molecule has 2 N–H and O–H groups in total. The number of H-pyrrole nitrogens is 1. The van der Waals surface area contributed by atoms with Gasteiger partial charge in [0.05, 0.1) is 0 Å². The highest BCUT2D eigenvalue weighted by Crippen LogP contribution is 2.43. The molecule has 1 unspecified atom stereocenters. The fraction of sp³-hybridized carbons (Fsp3) is 0.375. The molecular formula is C16H16F3N3O2. The number of aromatic nitrogens is 2. The first-order valence-corrected chi connectivity index (χ1v) is 7.42. The fourth-order valence-electron chi connectivity index (χ4n) is 2.63. The summed E-state index contributed by atoms with van der Waals surface area (Å²) in [5, 5.41) is 8.81. The van der Waals surface area contributed by atoms with Crippen molar-refractivity contribution in [1.29, 1.82) is 0 Å². The summed E-state index contributed by atoms with van der Waals surface area (Å²) in [5.74, 6) is -0.951. The topological polar surface area (TPSA) is 67.0 Å². The number of alkyl halides is 3. The maximum atomic E-state index is 13.7. The molecule has 1 saturated carbocycles. The Balaban J connectivity index is 1.93. The minimum Gasteiger partial charge on any atom is -0.356 e. The standard InChI is InChI=1S/C16H16F3N3O2/c1-24-15(16(17,18)19,11-5-3-2-4-6-11)14(23)20-13-9-12(21-22-13)10-7-8-10/h2-6,9-10H,7-8H2,1H3,(H2,20,21,22,23). The molecule has 1 aliphatic rings. The summed E-state index contributed by atoms with van der Waals surface area (Å²) in [6.45, 7) is 0. The number of carbonyl (C=O) groups excluding carboxylic acids is 1. The molecule has 1 heterocycles. The van der Waals surface area contributed by atoms with E-state index in [0.29, 0.717) is 5.92 Å². The molecule has 5 nitrogen and oxygen atoms in total. The van der Waals surface area contributed by atoms with Crippen LogP contribution in [0.1, 0.15) is 30.0 Å². The number of ether oxygens (including phenoxy) is 1. The van der Waals surface area contributed by atoms with Crippen molar-refractivity contribution in [3.63, 3.8) is 0 Å². The van der Waals surface area contributed by atoms with Crippen LogP contribution in [0.4, 0.5) is 19.0 Å². The van der Waals surface area contributed by atoms with E-state index in [2.05, 4.69) is 15.5 Å². The van der Waals surface area contributed by atoms with Crippen LogP contribution in [0.2, 0.25) is 0 Å². The Kier molecular flexibility index (Phi) is 4.08. The van der Waals surface area contributed by atoms with E-state index < -0.39 is 17.7 Å². The normalized spacial score (nSPS) is 17.3. The first kappa shape index (κ1) is 16.5. The van der Waals surface area contributed by atoms with Crippen LogP contribution in [0.3, 0.4) is 0 Å². The predicted molar refractivity (Wildman–Crippen MR) is 80.4 cm³/mol. The lowest BCUT2D eigenvalue weighted by molar-refractivity contribution is -0.263. The van der Waals surface area contributed by atoms with Crippen molar-refractivity contribution < 1.29 is 22.7 Å². The van der Waals surface area contributed by atoms with E-state index in [4.69, 9.17) is 4.74 Å². The molecule has 3 rings (SSSR count). The molecule has 24 heavy (non-hydrogen) atoms. The van der Waals surface area contributed by atoms with Gasteiger partial charge in [0, 0.05) is 30.4 Å². The van der Waals surface area contributed by atoms with Crippen LogP contribution >= 0.6 is 0 Å². The summed E-state index contributed by atoms with van der Waals surface area (Å²) < 4.78 is 45.9. The summed E-state index contributed by atoms with van der Waals surface area (Å²) in [6, 6.07) is 8.36. The molecule has 2 aromatic rings. The van der Waals surface area contributed by atoms with Gasteiger partial charge in [-0.05, 0) is 12.8 Å². The van der Waals surface area contributed by atoms with E-state index in [9.17, 15) is 18.0 Å². The average molecular weight is 339 g/mol. The van der Waals surface area contributed by atoms with Crippen LogP contribution in [-0.2, 0) is 15.1 Å². The molecule has 1 aliphatic carbocycles. The molecular weight excluding hydrogens is 323 g/mol. The fourth-order valence-corrected chi connectivity index (χ4v) is 2.63. The summed E-state index contributed by atoms with van der Waals surface area (Å²) >= 11 is 0. The van der Waals surface area contributed by atoms with Gasteiger partial charge in [-0.25, -0.2) is 0 Å². The number of carbonyl (C=O) groups is 1. The Morgan fingerprint density at radius 2 is 1.96 bits per heavy atom. The number of amides is 1. The largest absolute Gasteiger partial charge is 0.430 e. The maximum Gasteiger partial charge on any atom is 0.430 e. The van der Waals surface area contributed by atoms with Crippen LogP contribution in [-0.4, -0.2) is 29.4 Å². The van der Waals surface area contributed by atoms with Crippen LogP contribution in [0.15, 0.2) is 36.4 Å². The van der Waals surface area contributed by atoms with Gasteiger partial charge >= 0.3 is 6.18 Å². The highest BCUT2D eigenvalue weighted by Gasteiger charge is 2.62. The van der Waals surface area contributed by atoms with E-state index in [-0.39, 0.29) is 11.4 Å². The molecule has 0 aliphatic heterocycles. The first-order valence-electron chi connectivity index (χ1n) is 7.42. The van der Waals surface area contributed by atoms with E-state index in [1.807, 2.05) is 0 Å². The van der Waals surface area contributed by atoms with Gasteiger partial charge < -0.3 is 10.1 Å². The molecule has 8 heteroatoms. The predicted octanol–water partition coefficient (Wildman–Crippen LogP) is 3.33. The van der Waals surface area contributed by atoms with Gasteiger partial charge in [0.15, 0.2) is 5.82 Å². The van der Waals surface area contributed by atoms with Gasteiger partial charge in [-0.3, -0.25) is 9.89 Å². The van der Waals surface area contributed by atoms with E-state index in [1.165, 1.54) is 24.3 Å². The number of nitrogens with zero attached hydrogens (tertiary/aromatic N) is 1. The van der Waals surface area contributed by atoms with Crippen molar-refractivity contribution in [3.05, 3.63) is 47.7 Å². The Bertz CT molecular complexity index is 726. The van der Waals surface area contributed by atoms with Crippen molar-refractivity contribution >= 4 is 11.7 Å². The second kappa shape index (κ2) is 5.94. The van der Waals surface area contributed by atoms with Gasteiger partial charge in [0.2, 0.25) is 0 Å². The number of halogens is 3. The molecule has 128 valence electrons. The van der Waals surface area contributed by atoms with E-state index in [1.54, 1.807) is 12.1 Å². The quantitative estimate of drug-likeness (QED) is 0.878. The molecule has 1 aromatic heterocycles. The van der Waals surface area contributed by atoms with E-state index >= 15 is 0 Å². The Hall–Kier alpha value is -2.35. The molecule has 1 atom stereocenters. The van der Waals surface area contributed by atoms with Crippen LogP contribution < -0.4 is 5.32 Å². The zero-order chi connectivity index (χ0) is 17.4. The van der Waals surface area contributed by atoms with Crippen molar-refractivity contribution in [3.8, 4) is 0 Å². The van der Waals surface area contributed by atoms with Gasteiger partial charge in [-0.1, -0.05) is 30.3 Å². The number of benzene rings is 1. The molecule has 0 spiro atoms. The highest BCUT2D eigenvalue weighted by atomic mass is 19.4.